The maximum atomic E-state index is 5.99. The summed E-state index contributed by atoms with van der Waals surface area (Å²) >= 11 is 5.99. The van der Waals surface area contributed by atoms with Crippen LogP contribution in [0.1, 0.15) is 30.4 Å². The third kappa shape index (κ3) is 4.10. The van der Waals surface area contributed by atoms with Crippen molar-refractivity contribution >= 4 is 20.9 Å². The zero-order chi connectivity index (χ0) is 12.7. The molecule has 96 valence electrons. The van der Waals surface area contributed by atoms with Crippen LogP contribution in [0, 0.1) is 0 Å². The average molecular weight is 273 g/mol. The smallest absolute Gasteiger partial charge is 0.321 e. The standard InChI is InChI=1S/C13H21ClO2Si/c1-4-11(10-17(15-2)16-3)13-8-6-5-7-12(13)9-14/h5-8,11,17H,4,9-10H2,1-3H3. The molecule has 17 heavy (non-hydrogen) atoms. The zero-order valence-electron chi connectivity index (χ0n) is 10.8. The van der Waals surface area contributed by atoms with Crippen molar-refractivity contribution in [2.75, 3.05) is 14.2 Å². The molecular weight excluding hydrogens is 252 g/mol. The molecule has 0 aliphatic rings. The zero-order valence-corrected chi connectivity index (χ0v) is 12.7. The second kappa shape index (κ2) is 7.87. The summed E-state index contributed by atoms with van der Waals surface area (Å²) in [6.45, 7) is 2.20. The van der Waals surface area contributed by atoms with E-state index in [1.807, 2.05) is 6.07 Å². The molecule has 2 nitrogen and oxygen atoms in total. The predicted molar refractivity (Wildman–Crippen MR) is 75.0 cm³/mol. The van der Waals surface area contributed by atoms with E-state index in [0.29, 0.717) is 11.8 Å². The number of benzene rings is 1. The van der Waals surface area contributed by atoms with Gasteiger partial charge in [0.1, 0.15) is 0 Å². The van der Waals surface area contributed by atoms with Crippen molar-refractivity contribution in [3.05, 3.63) is 35.4 Å². The number of hydrogen-bond acceptors (Lipinski definition) is 2. The van der Waals surface area contributed by atoms with Crippen molar-refractivity contribution in [2.45, 2.75) is 31.2 Å². The SMILES string of the molecule is CCC(C[SiH](OC)OC)c1ccccc1CCl. The summed E-state index contributed by atoms with van der Waals surface area (Å²) in [7, 11) is 1.96. The fourth-order valence-electron chi connectivity index (χ4n) is 2.09. The highest BCUT2D eigenvalue weighted by molar-refractivity contribution is 6.44. The largest absolute Gasteiger partial charge is 0.400 e. The molecule has 0 saturated heterocycles. The molecule has 0 radical (unpaired) electrons. The van der Waals surface area contributed by atoms with E-state index in [0.717, 1.165) is 12.5 Å². The molecule has 1 atom stereocenters. The van der Waals surface area contributed by atoms with Crippen LogP contribution >= 0.6 is 11.6 Å². The summed E-state index contributed by atoms with van der Waals surface area (Å²) in [6.07, 6.45) is 1.09. The Morgan fingerprint density at radius 2 is 1.88 bits per heavy atom. The normalized spacial score (nSPS) is 13.0. The van der Waals surface area contributed by atoms with Gasteiger partial charge in [-0.1, -0.05) is 31.2 Å². The lowest BCUT2D eigenvalue weighted by Gasteiger charge is -2.21. The van der Waals surface area contributed by atoms with Crippen LogP contribution in [0.5, 0.6) is 0 Å². The average Bonchev–Trinajstić information content (AvgIpc) is 2.40. The van der Waals surface area contributed by atoms with Crippen LogP contribution in [0.15, 0.2) is 24.3 Å². The predicted octanol–water partition coefficient (Wildman–Crippen LogP) is 3.43. The van der Waals surface area contributed by atoms with Gasteiger partial charge in [-0.25, -0.2) is 0 Å². The Balaban J connectivity index is 2.85. The molecular formula is C13H21ClO2Si. The number of alkyl halides is 1. The first kappa shape index (κ1) is 14.7. The van der Waals surface area contributed by atoms with E-state index in [4.69, 9.17) is 20.5 Å². The Morgan fingerprint density at radius 1 is 1.24 bits per heavy atom. The van der Waals surface area contributed by atoms with Crippen LogP contribution in [0.2, 0.25) is 6.04 Å². The number of rotatable bonds is 7. The lowest BCUT2D eigenvalue weighted by atomic mass is 9.94. The Morgan fingerprint density at radius 3 is 2.41 bits per heavy atom. The van der Waals surface area contributed by atoms with Gasteiger partial charge in [0.05, 0.1) is 0 Å². The van der Waals surface area contributed by atoms with Crippen molar-refractivity contribution in [1.82, 2.24) is 0 Å². The van der Waals surface area contributed by atoms with E-state index < -0.39 is 9.28 Å². The monoisotopic (exact) mass is 272 g/mol. The molecule has 1 aromatic carbocycles. The molecule has 1 unspecified atom stereocenters. The topological polar surface area (TPSA) is 18.5 Å². The van der Waals surface area contributed by atoms with Crippen molar-refractivity contribution in [1.29, 1.82) is 0 Å². The summed E-state index contributed by atoms with van der Waals surface area (Å²) < 4.78 is 10.8. The van der Waals surface area contributed by atoms with Crippen LogP contribution in [0.3, 0.4) is 0 Å². The van der Waals surface area contributed by atoms with Crippen LogP contribution in [-0.4, -0.2) is 23.5 Å². The van der Waals surface area contributed by atoms with Gasteiger partial charge in [-0.3, -0.25) is 0 Å². The van der Waals surface area contributed by atoms with E-state index in [2.05, 4.69) is 25.1 Å². The molecule has 0 amide bonds. The summed E-state index contributed by atoms with van der Waals surface area (Å²) in [5.41, 5.74) is 2.57. The van der Waals surface area contributed by atoms with Gasteiger partial charge < -0.3 is 8.85 Å². The van der Waals surface area contributed by atoms with E-state index in [1.165, 1.54) is 11.1 Å². The summed E-state index contributed by atoms with van der Waals surface area (Å²) in [5, 5.41) is 0. The molecule has 0 aromatic heterocycles. The van der Waals surface area contributed by atoms with Gasteiger partial charge in [0.2, 0.25) is 0 Å². The molecule has 4 heteroatoms. The molecule has 0 bridgehead atoms. The van der Waals surface area contributed by atoms with Crippen molar-refractivity contribution < 1.29 is 8.85 Å². The Kier molecular flexibility index (Phi) is 6.81. The summed E-state index contributed by atoms with van der Waals surface area (Å²) in [6, 6.07) is 9.38. The molecule has 0 N–H and O–H groups in total. The van der Waals surface area contributed by atoms with E-state index in [-0.39, 0.29) is 0 Å². The van der Waals surface area contributed by atoms with Gasteiger partial charge in [-0.2, -0.15) is 0 Å². The molecule has 0 fully saturated rings. The number of hydrogen-bond donors (Lipinski definition) is 0. The third-order valence-electron chi connectivity index (χ3n) is 3.13. The quantitative estimate of drug-likeness (QED) is 0.559. The lowest BCUT2D eigenvalue weighted by Crippen LogP contribution is -2.22. The fourth-order valence-corrected chi connectivity index (χ4v) is 3.96. The van der Waals surface area contributed by atoms with Crippen molar-refractivity contribution in [2.24, 2.45) is 0 Å². The summed E-state index contributed by atoms with van der Waals surface area (Å²) in [5.74, 6) is 1.06. The molecule has 0 aliphatic carbocycles. The minimum atomic E-state index is -1.51. The second-order valence-corrected chi connectivity index (χ2v) is 6.61. The first-order chi connectivity index (χ1) is 8.26. The maximum Gasteiger partial charge on any atom is 0.321 e. The summed E-state index contributed by atoms with van der Waals surface area (Å²) in [4.78, 5) is 0. The molecule has 0 spiro atoms. The molecule has 0 heterocycles. The highest BCUT2D eigenvalue weighted by atomic mass is 35.5. The maximum absolute atomic E-state index is 5.99. The third-order valence-corrected chi connectivity index (χ3v) is 5.43. The van der Waals surface area contributed by atoms with Gasteiger partial charge in [-0.15, -0.1) is 11.6 Å². The highest BCUT2D eigenvalue weighted by Crippen LogP contribution is 2.29. The van der Waals surface area contributed by atoms with Crippen LogP contribution in [-0.2, 0) is 14.7 Å². The van der Waals surface area contributed by atoms with Gasteiger partial charge in [0.15, 0.2) is 0 Å². The van der Waals surface area contributed by atoms with Crippen molar-refractivity contribution in [3.63, 3.8) is 0 Å². The Labute approximate surface area is 111 Å². The van der Waals surface area contributed by atoms with Crippen LogP contribution in [0.4, 0.5) is 0 Å². The number of halogens is 1. The van der Waals surface area contributed by atoms with Gasteiger partial charge in [-0.05, 0) is 29.5 Å². The van der Waals surface area contributed by atoms with Gasteiger partial charge in [0, 0.05) is 20.1 Å². The second-order valence-electron chi connectivity index (χ2n) is 4.07. The minimum Gasteiger partial charge on any atom is -0.400 e. The van der Waals surface area contributed by atoms with Gasteiger partial charge >= 0.3 is 9.28 Å². The van der Waals surface area contributed by atoms with Crippen LogP contribution in [0.25, 0.3) is 0 Å². The first-order valence-corrected chi connectivity index (χ1v) is 8.25. The van der Waals surface area contributed by atoms with E-state index >= 15 is 0 Å². The Bertz CT molecular complexity index is 329. The molecule has 0 saturated carbocycles. The molecule has 1 rings (SSSR count). The first-order valence-electron chi connectivity index (χ1n) is 5.96. The van der Waals surface area contributed by atoms with Gasteiger partial charge in [0.25, 0.3) is 0 Å². The fraction of sp³-hybridized carbons (Fsp3) is 0.538. The molecule has 1 aromatic rings. The highest BCUT2D eigenvalue weighted by Gasteiger charge is 2.20. The Hall–Kier alpha value is -0.353. The van der Waals surface area contributed by atoms with Crippen molar-refractivity contribution in [3.8, 4) is 0 Å². The van der Waals surface area contributed by atoms with E-state index in [1.54, 1.807) is 14.2 Å². The minimum absolute atomic E-state index is 0.488. The van der Waals surface area contributed by atoms with E-state index in [9.17, 15) is 0 Å². The molecule has 0 aliphatic heterocycles. The van der Waals surface area contributed by atoms with Crippen LogP contribution < -0.4 is 0 Å². The lowest BCUT2D eigenvalue weighted by molar-refractivity contribution is 0.274.